The number of amides is 7. The van der Waals surface area contributed by atoms with E-state index in [1.165, 1.54) is 6.08 Å². The number of Topliss-reactive ketones (excluding diaryl/α,β-unsaturated/α-hetero) is 1. The molecule has 2 aliphatic heterocycles. The molecule has 2 aliphatic carbocycles. The van der Waals surface area contributed by atoms with Crippen LogP contribution in [0.4, 0.5) is 9.59 Å². The molecule has 0 aromatic heterocycles. The summed E-state index contributed by atoms with van der Waals surface area (Å²) >= 11 is 0. The standard InChI is InChI=1S/C36H59N7O6/c1-8-14-24(28(44)31(46)37-17-9-2)39-30(45)27-26-23(36(26,6)7)20-43(27)32(47)29(35(3,4)5)41-33(48)40-25(22-15-11-10-12-16-22)21-42-19-13-18-38-34(42)49/h9,22-27,29H,2,8,10-21H2,1,3-7H3,(H,37,46)(H,38,49)(H,39,45)(H2,40,41,48)/t23-,24?,25+,26-,27-,29+/m0/s1. The van der Waals surface area contributed by atoms with E-state index in [1.807, 2.05) is 27.7 Å². The number of rotatable bonds is 14. The third-order valence-electron chi connectivity index (χ3n) is 11.1. The Hall–Kier alpha value is -3.64. The molecule has 2 saturated carbocycles. The zero-order chi connectivity index (χ0) is 36.1. The fourth-order valence-electron chi connectivity index (χ4n) is 8.13. The van der Waals surface area contributed by atoms with Crippen LogP contribution in [0.25, 0.3) is 0 Å². The highest BCUT2D eigenvalue weighted by molar-refractivity contribution is 6.38. The highest BCUT2D eigenvalue weighted by Gasteiger charge is 2.70. The minimum Gasteiger partial charge on any atom is -0.346 e. The second kappa shape index (κ2) is 15.9. The van der Waals surface area contributed by atoms with Crippen LogP contribution in [-0.2, 0) is 19.2 Å². The average molecular weight is 686 g/mol. The molecule has 0 radical (unpaired) electrons. The van der Waals surface area contributed by atoms with Crippen molar-refractivity contribution in [3.05, 3.63) is 12.7 Å². The number of ketones is 1. The van der Waals surface area contributed by atoms with Gasteiger partial charge in [0.05, 0.1) is 12.1 Å². The van der Waals surface area contributed by atoms with Crippen molar-refractivity contribution in [3.8, 4) is 0 Å². The number of hydrogen-bond donors (Lipinski definition) is 5. The minimum absolute atomic E-state index is 0.0873. The van der Waals surface area contributed by atoms with Crippen LogP contribution in [0.2, 0.25) is 0 Å². The summed E-state index contributed by atoms with van der Waals surface area (Å²) < 4.78 is 0. The first kappa shape index (κ1) is 38.2. The third kappa shape index (κ3) is 8.94. The average Bonchev–Trinajstić information content (AvgIpc) is 3.36. The maximum absolute atomic E-state index is 14.4. The molecule has 7 amide bonds. The van der Waals surface area contributed by atoms with Gasteiger partial charge in [-0.15, -0.1) is 6.58 Å². The number of carbonyl (C=O) groups is 6. The van der Waals surface area contributed by atoms with Crippen molar-refractivity contribution in [2.45, 2.75) is 117 Å². The van der Waals surface area contributed by atoms with Gasteiger partial charge in [0.25, 0.3) is 5.91 Å². The quantitative estimate of drug-likeness (QED) is 0.139. The second-order valence-corrected chi connectivity index (χ2v) is 16.1. The van der Waals surface area contributed by atoms with Crippen molar-refractivity contribution in [2.75, 3.05) is 32.7 Å². The summed E-state index contributed by atoms with van der Waals surface area (Å²) in [5.74, 6) is -2.18. The van der Waals surface area contributed by atoms with Crippen LogP contribution in [0.3, 0.4) is 0 Å². The SMILES string of the molecule is C=CCNC(=O)C(=O)C(CCC)NC(=O)[C@@H]1[C@@H]2[C@H](CN1C(=O)[C@@H](NC(=O)N[C@H](CN1CCCNC1=O)C1CCCCC1)C(C)(C)C)C2(C)C. The fourth-order valence-corrected chi connectivity index (χ4v) is 8.13. The summed E-state index contributed by atoms with van der Waals surface area (Å²) in [6.07, 6.45) is 8.37. The maximum atomic E-state index is 14.4. The zero-order valence-corrected chi connectivity index (χ0v) is 30.4. The van der Waals surface area contributed by atoms with Crippen LogP contribution in [0, 0.1) is 28.6 Å². The van der Waals surface area contributed by atoms with Gasteiger partial charge in [0.15, 0.2) is 0 Å². The van der Waals surface area contributed by atoms with Crippen molar-refractivity contribution >= 4 is 35.6 Å². The van der Waals surface area contributed by atoms with E-state index in [0.717, 1.165) is 38.5 Å². The van der Waals surface area contributed by atoms with Crippen molar-refractivity contribution in [1.29, 1.82) is 0 Å². The van der Waals surface area contributed by atoms with Crippen LogP contribution >= 0.6 is 0 Å². The Balaban J connectivity index is 1.51. The molecule has 1 unspecified atom stereocenters. The number of nitrogens with one attached hydrogen (secondary N) is 5. The molecule has 2 heterocycles. The lowest BCUT2D eigenvalue weighted by Gasteiger charge is -2.39. The summed E-state index contributed by atoms with van der Waals surface area (Å²) in [5, 5.41) is 14.3. The van der Waals surface area contributed by atoms with E-state index in [1.54, 1.807) is 9.80 Å². The van der Waals surface area contributed by atoms with Gasteiger partial charge in [-0.3, -0.25) is 19.2 Å². The predicted molar refractivity (Wildman–Crippen MR) is 186 cm³/mol. The van der Waals surface area contributed by atoms with Crippen molar-refractivity contribution in [1.82, 2.24) is 36.4 Å². The summed E-state index contributed by atoms with van der Waals surface area (Å²) in [5.41, 5.74) is -0.880. The first-order valence-electron chi connectivity index (χ1n) is 18.2. The molecule has 0 aromatic carbocycles. The molecule has 0 bridgehead atoms. The van der Waals surface area contributed by atoms with Gasteiger partial charge in [0.2, 0.25) is 17.6 Å². The molecule has 0 aromatic rings. The second-order valence-electron chi connectivity index (χ2n) is 16.1. The topological polar surface area (TPSA) is 169 Å². The number of carbonyl (C=O) groups excluding carboxylic acids is 6. The molecular weight excluding hydrogens is 626 g/mol. The van der Waals surface area contributed by atoms with Crippen LogP contribution in [0.1, 0.15) is 92.9 Å². The molecule has 6 atom stereocenters. The highest BCUT2D eigenvalue weighted by Crippen LogP contribution is 2.65. The molecule has 4 fully saturated rings. The first-order valence-corrected chi connectivity index (χ1v) is 18.2. The molecule has 49 heavy (non-hydrogen) atoms. The minimum atomic E-state index is -1.03. The Labute approximate surface area is 291 Å². The van der Waals surface area contributed by atoms with E-state index in [2.05, 4.69) is 47.0 Å². The van der Waals surface area contributed by atoms with Crippen LogP contribution in [0.15, 0.2) is 12.7 Å². The largest absolute Gasteiger partial charge is 0.346 e. The van der Waals surface area contributed by atoms with E-state index in [9.17, 15) is 28.8 Å². The lowest BCUT2D eigenvalue weighted by molar-refractivity contribution is -0.145. The van der Waals surface area contributed by atoms with Gasteiger partial charge < -0.3 is 36.4 Å². The monoisotopic (exact) mass is 685 g/mol. The van der Waals surface area contributed by atoms with Crippen molar-refractivity contribution in [3.63, 3.8) is 0 Å². The number of fused-ring (bicyclic) bond motifs is 1. The number of hydrogen-bond acceptors (Lipinski definition) is 6. The molecule has 4 aliphatic rings. The van der Waals surface area contributed by atoms with E-state index in [0.29, 0.717) is 32.6 Å². The molecule has 4 rings (SSSR count). The highest BCUT2D eigenvalue weighted by atomic mass is 16.2. The zero-order valence-electron chi connectivity index (χ0n) is 30.4. The maximum Gasteiger partial charge on any atom is 0.317 e. The van der Waals surface area contributed by atoms with Crippen LogP contribution in [0.5, 0.6) is 0 Å². The van der Waals surface area contributed by atoms with Gasteiger partial charge in [-0.1, -0.05) is 73.3 Å². The smallest absolute Gasteiger partial charge is 0.317 e. The summed E-state index contributed by atoms with van der Waals surface area (Å²) in [7, 11) is 0. The van der Waals surface area contributed by atoms with Crippen molar-refractivity contribution in [2.24, 2.45) is 28.6 Å². The van der Waals surface area contributed by atoms with Gasteiger partial charge >= 0.3 is 12.1 Å². The fraction of sp³-hybridized carbons (Fsp3) is 0.778. The number of nitrogens with zero attached hydrogens (tertiary/aromatic N) is 2. The third-order valence-corrected chi connectivity index (χ3v) is 11.1. The summed E-state index contributed by atoms with van der Waals surface area (Å²) in [6.45, 7) is 17.3. The normalized spacial score (nSPS) is 25.2. The van der Waals surface area contributed by atoms with E-state index in [-0.39, 0.29) is 54.1 Å². The van der Waals surface area contributed by atoms with E-state index >= 15 is 0 Å². The van der Waals surface area contributed by atoms with Crippen LogP contribution in [-0.4, -0.2) is 102 Å². The molecule has 13 nitrogen and oxygen atoms in total. The molecule has 2 saturated heterocycles. The van der Waals surface area contributed by atoms with Gasteiger partial charge in [0.1, 0.15) is 12.1 Å². The lowest BCUT2D eigenvalue weighted by atomic mass is 9.83. The number of piperidine rings is 1. The molecular formula is C36H59N7O6. The van der Waals surface area contributed by atoms with E-state index < -0.39 is 47.2 Å². The number of likely N-dealkylation sites (tertiary alicyclic amines) is 1. The number of urea groups is 2. The summed E-state index contributed by atoms with van der Waals surface area (Å²) in [4.78, 5) is 83.6. The Morgan fingerprint density at radius 1 is 1.04 bits per heavy atom. The van der Waals surface area contributed by atoms with Gasteiger partial charge in [-0.05, 0) is 54.3 Å². The van der Waals surface area contributed by atoms with Gasteiger partial charge in [-0.25, -0.2) is 9.59 Å². The molecule has 0 spiro atoms. The van der Waals surface area contributed by atoms with E-state index in [4.69, 9.17) is 0 Å². The van der Waals surface area contributed by atoms with Gasteiger partial charge in [-0.2, -0.15) is 0 Å². The molecule has 274 valence electrons. The van der Waals surface area contributed by atoms with Crippen molar-refractivity contribution < 1.29 is 28.8 Å². The summed E-state index contributed by atoms with van der Waals surface area (Å²) in [6, 6.07) is -3.70. The first-order chi connectivity index (χ1) is 23.1. The Kier molecular flexibility index (Phi) is 12.4. The van der Waals surface area contributed by atoms with Crippen LogP contribution < -0.4 is 26.6 Å². The Morgan fingerprint density at radius 3 is 2.35 bits per heavy atom. The molecule has 5 N–H and O–H groups in total. The lowest BCUT2D eigenvalue weighted by Crippen LogP contribution is -2.62. The Morgan fingerprint density at radius 2 is 1.73 bits per heavy atom. The van der Waals surface area contributed by atoms with Gasteiger partial charge in [0, 0.05) is 32.7 Å². The molecule has 13 heteroatoms. The predicted octanol–water partition coefficient (Wildman–Crippen LogP) is 2.70. The Bertz CT molecular complexity index is 1270.